The molecule has 0 spiro atoms. The Kier molecular flexibility index (Phi) is 5.53. The SMILES string of the molecule is CCCCNC(=O)C=C(C)C. The average molecular weight is 155 g/mol. The molecule has 0 unspecified atom stereocenters. The van der Waals surface area contributed by atoms with Crippen LogP contribution in [-0.4, -0.2) is 12.5 Å². The van der Waals surface area contributed by atoms with E-state index in [1.54, 1.807) is 6.08 Å². The van der Waals surface area contributed by atoms with Crippen molar-refractivity contribution in [3.05, 3.63) is 11.6 Å². The van der Waals surface area contributed by atoms with Crippen molar-refractivity contribution in [1.82, 2.24) is 5.32 Å². The van der Waals surface area contributed by atoms with E-state index < -0.39 is 0 Å². The molecule has 0 aliphatic heterocycles. The third-order valence-electron chi connectivity index (χ3n) is 1.25. The smallest absolute Gasteiger partial charge is 0.243 e. The standard InChI is InChI=1S/C9H17NO/c1-4-5-6-10-9(11)7-8(2)3/h7H,4-6H2,1-3H3,(H,10,11). The van der Waals surface area contributed by atoms with Gasteiger partial charge in [0.1, 0.15) is 0 Å². The maximum atomic E-state index is 10.9. The Morgan fingerprint density at radius 1 is 1.45 bits per heavy atom. The molecule has 0 aromatic rings. The van der Waals surface area contributed by atoms with E-state index in [1.807, 2.05) is 13.8 Å². The lowest BCUT2D eigenvalue weighted by molar-refractivity contribution is -0.116. The van der Waals surface area contributed by atoms with Crippen molar-refractivity contribution in [2.75, 3.05) is 6.54 Å². The highest BCUT2D eigenvalue weighted by molar-refractivity contribution is 5.87. The van der Waals surface area contributed by atoms with Crippen LogP contribution in [0.5, 0.6) is 0 Å². The third kappa shape index (κ3) is 7.10. The van der Waals surface area contributed by atoms with E-state index in [9.17, 15) is 4.79 Å². The van der Waals surface area contributed by atoms with E-state index in [2.05, 4.69) is 12.2 Å². The van der Waals surface area contributed by atoms with Gasteiger partial charge in [0.25, 0.3) is 0 Å². The first-order valence-electron chi connectivity index (χ1n) is 4.09. The minimum absolute atomic E-state index is 0.0263. The normalized spacial score (nSPS) is 9.00. The highest BCUT2D eigenvalue weighted by atomic mass is 16.1. The molecule has 64 valence electrons. The van der Waals surface area contributed by atoms with Crippen LogP contribution in [0.15, 0.2) is 11.6 Å². The molecule has 0 radical (unpaired) electrons. The van der Waals surface area contributed by atoms with Crippen LogP contribution in [0, 0.1) is 0 Å². The molecule has 0 heterocycles. The zero-order valence-corrected chi connectivity index (χ0v) is 7.61. The fraction of sp³-hybridized carbons (Fsp3) is 0.667. The molecule has 0 saturated carbocycles. The second-order valence-electron chi connectivity index (χ2n) is 2.87. The molecule has 2 nitrogen and oxygen atoms in total. The van der Waals surface area contributed by atoms with Gasteiger partial charge in [0.05, 0.1) is 0 Å². The summed E-state index contributed by atoms with van der Waals surface area (Å²) in [5.74, 6) is 0.0263. The summed E-state index contributed by atoms with van der Waals surface area (Å²) in [7, 11) is 0. The maximum absolute atomic E-state index is 10.9. The predicted octanol–water partition coefficient (Wildman–Crippen LogP) is 1.87. The fourth-order valence-electron chi connectivity index (χ4n) is 0.702. The summed E-state index contributed by atoms with van der Waals surface area (Å²) < 4.78 is 0. The van der Waals surface area contributed by atoms with E-state index in [0.717, 1.165) is 25.0 Å². The summed E-state index contributed by atoms with van der Waals surface area (Å²) in [5.41, 5.74) is 1.04. The largest absolute Gasteiger partial charge is 0.353 e. The number of unbranched alkanes of at least 4 members (excludes halogenated alkanes) is 1. The van der Waals surface area contributed by atoms with Crippen molar-refractivity contribution in [2.45, 2.75) is 33.6 Å². The first-order valence-corrected chi connectivity index (χ1v) is 4.09. The van der Waals surface area contributed by atoms with Gasteiger partial charge in [0.15, 0.2) is 0 Å². The van der Waals surface area contributed by atoms with E-state index >= 15 is 0 Å². The minimum atomic E-state index is 0.0263. The van der Waals surface area contributed by atoms with Crippen molar-refractivity contribution in [3.63, 3.8) is 0 Å². The molecule has 0 saturated heterocycles. The summed E-state index contributed by atoms with van der Waals surface area (Å²) in [6, 6.07) is 0. The summed E-state index contributed by atoms with van der Waals surface area (Å²) >= 11 is 0. The van der Waals surface area contributed by atoms with Gasteiger partial charge in [0, 0.05) is 12.6 Å². The number of allylic oxidation sites excluding steroid dienone is 1. The van der Waals surface area contributed by atoms with Crippen LogP contribution >= 0.6 is 0 Å². The van der Waals surface area contributed by atoms with Gasteiger partial charge in [-0.3, -0.25) is 4.79 Å². The van der Waals surface area contributed by atoms with Crippen LogP contribution in [0.25, 0.3) is 0 Å². The van der Waals surface area contributed by atoms with Crippen molar-refractivity contribution >= 4 is 5.91 Å². The average Bonchev–Trinajstić information content (AvgIpc) is 1.86. The van der Waals surface area contributed by atoms with Crippen LogP contribution in [-0.2, 0) is 4.79 Å². The number of hydrogen-bond acceptors (Lipinski definition) is 1. The number of carbonyl (C=O) groups excluding carboxylic acids is 1. The van der Waals surface area contributed by atoms with E-state index in [-0.39, 0.29) is 5.91 Å². The lowest BCUT2D eigenvalue weighted by atomic mass is 10.3. The topological polar surface area (TPSA) is 29.1 Å². The van der Waals surface area contributed by atoms with E-state index in [0.29, 0.717) is 0 Å². The molecule has 1 N–H and O–H groups in total. The Morgan fingerprint density at radius 2 is 2.09 bits per heavy atom. The van der Waals surface area contributed by atoms with Crippen LogP contribution in [0.4, 0.5) is 0 Å². The van der Waals surface area contributed by atoms with E-state index in [1.165, 1.54) is 0 Å². The van der Waals surface area contributed by atoms with E-state index in [4.69, 9.17) is 0 Å². The lowest BCUT2D eigenvalue weighted by Gasteiger charge is -1.99. The summed E-state index contributed by atoms with van der Waals surface area (Å²) in [5, 5.41) is 2.80. The minimum Gasteiger partial charge on any atom is -0.353 e. The number of carbonyl (C=O) groups is 1. The summed E-state index contributed by atoms with van der Waals surface area (Å²) in [6.45, 7) is 6.73. The molecule has 0 aliphatic rings. The predicted molar refractivity (Wildman–Crippen MR) is 47.3 cm³/mol. The highest BCUT2D eigenvalue weighted by Crippen LogP contribution is 1.88. The molecule has 0 aromatic heterocycles. The van der Waals surface area contributed by atoms with Gasteiger partial charge in [-0.15, -0.1) is 0 Å². The van der Waals surface area contributed by atoms with Crippen LogP contribution in [0.1, 0.15) is 33.6 Å². The Balaban J connectivity index is 3.46. The second kappa shape index (κ2) is 5.96. The van der Waals surface area contributed by atoms with Crippen LogP contribution in [0.3, 0.4) is 0 Å². The Hall–Kier alpha value is -0.790. The Morgan fingerprint density at radius 3 is 2.55 bits per heavy atom. The van der Waals surface area contributed by atoms with Crippen molar-refractivity contribution < 1.29 is 4.79 Å². The third-order valence-corrected chi connectivity index (χ3v) is 1.25. The zero-order valence-electron chi connectivity index (χ0n) is 7.61. The fourth-order valence-corrected chi connectivity index (χ4v) is 0.702. The Labute approximate surface area is 68.7 Å². The van der Waals surface area contributed by atoms with Crippen LogP contribution in [0.2, 0.25) is 0 Å². The number of hydrogen-bond donors (Lipinski definition) is 1. The second-order valence-corrected chi connectivity index (χ2v) is 2.87. The molecule has 0 fully saturated rings. The van der Waals surface area contributed by atoms with Gasteiger partial charge in [-0.05, 0) is 20.3 Å². The highest BCUT2D eigenvalue weighted by Gasteiger charge is 1.92. The van der Waals surface area contributed by atoms with Crippen LogP contribution < -0.4 is 5.32 Å². The van der Waals surface area contributed by atoms with Gasteiger partial charge in [-0.25, -0.2) is 0 Å². The number of rotatable bonds is 4. The molecule has 1 amide bonds. The molecule has 2 heteroatoms. The molecule has 0 aliphatic carbocycles. The van der Waals surface area contributed by atoms with Crippen molar-refractivity contribution in [2.24, 2.45) is 0 Å². The molecule has 11 heavy (non-hydrogen) atoms. The van der Waals surface area contributed by atoms with Gasteiger partial charge in [0.2, 0.25) is 5.91 Å². The van der Waals surface area contributed by atoms with Gasteiger partial charge in [-0.1, -0.05) is 18.9 Å². The van der Waals surface area contributed by atoms with Gasteiger partial charge >= 0.3 is 0 Å². The summed E-state index contributed by atoms with van der Waals surface area (Å²) in [4.78, 5) is 10.9. The number of nitrogens with one attached hydrogen (secondary N) is 1. The molecule has 0 rings (SSSR count). The Bertz CT molecular complexity index is 146. The molecule has 0 aromatic carbocycles. The quantitative estimate of drug-likeness (QED) is 0.487. The zero-order chi connectivity index (χ0) is 8.69. The lowest BCUT2D eigenvalue weighted by Crippen LogP contribution is -2.22. The molecular formula is C9H17NO. The van der Waals surface area contributed by atoms with Crippen molar-refractivity contribution in [1.29, 1.82) is 0 Å². The molecule has 0 bridgehead atoms. The molecular weight excluding hydrogens is 138 g/mol. The monoisotopic (exact) mass is 155 g/mol. The first-order chi connectivity index (χ1) is 5.16. The van der Waals surface area contributed by atoms with Gasteiger partial charge in [-0.2, -0.15) is 0 Å². The van der Waals surface area contributed by atoms with Crippen molar-refractivity contribution in [3.8, 4) is 0 Å². The van der Waals surface area contributed by atoms with Gasteiger partial charge < -0.3 is 5.32 Å². The molecule has 0 atom stereocenters. The first kappa shape index (κ1) is 10.2. The summed E-state index contributed by atoms with van der Waals surface area (Å²) in [6.07, 6.45) is 3.80. The maximum Gasteiger partial charge on any atom is 0.243 e. The number of amides is 1.